The molecule has 1 heterocycles. The second-order valence-corrected chi connectivity index (χ2v) is 9.46. The van der Waals surface area contributed by atoms with Crippen LogP contribution in [0, 0.1) is 0 Å². The third kappa shape index (κ3) is 4.40. The smallest absolute Gasteiger partial charge is 0.407 e. The Labute approximate surface area is 194 Å². The van der Waals surface area contributed by atoms with Crippen LogP contribution in [0.3, 0.4) is 0 Å². The molecule has 2 aromatic carbocycles. The Morgan fingerprint density at radius 2 is 1.64 bits per heavy atom. The summed E-state index contributed by atoms with van der Waals surface area (Å²) in [5.74, 6) is -1.40. The molecule has 0 aromatic heterocycles. The zero-order valence-electron chi connectivity index (χ0n) is 19.6. The first-order valence-electron chi connectivity index (χ1n) is 11.4. The lowest BCUT2D eigenvalue weighted by Gasteiger charge is -2.29. The van der Waals surface area contributed by atoms with Gasteiger partial charge in [0.1, 0.15) is 12.2 Å². The highest BCUT2D eigenvalue weighted by molar-refractivity contribution is 5.91. The number of ether oxygens (including phenoxy) is 2. The largest absolute Gasteiger partial charge is 0.449 e. The van der Waals surface area contributed by atoms with Crippen molar-refractivity contribution in [2.75, 3.05) is 19.7 Å². The number of fused-ring (bicyclic) bond motifs is 3. The fraction of sp³-hybridized carbons (Fsp3) is 0.462. The molecule has 0 radical (unpaired) electrons. The molecule has 176 valence electrons. The van der Waals surface area contributed by atoms with Crippen molar-refractivity contribution >= 4 is 11.9 Å². The molecule has 1 amide bonds. The topological polar surface area (TPSA) is 100 Å². The number of amides is 1. The number of hydrogen-bond donors (Lipinski definition) is 3. The van der Waals surface area contributed by atoms with E-state index in [2.05, 4.69) is 34.9 Å². The van der Waals surface area contributed by atoms with E-state index in [0.29, 0.717) is 13.0 Å². The van der Waals surface area contributed by atoms with Gasteiger partial charge < -0.3 is 25.2 Å². The number of hydrogen-bond acceptors (Lipinski definition) is 6. The third-order valence-corrected chi connectivity index (χ3v) is 7.24. The Bertz CT molecular complexity index is 1020. The average Bonchev–Trinajstić information content (AvgIpc) is 3.17. The molecular formula is C26H32N2O5. The second-order valence-electron chi connectivity index (χ2n) is 9.46. The maximum atomic E-state index is 12.9. The van der Waals surface area contributed by atoms with Gasteiger partial charge >= 0.3 is 6.09 Å². The van der Waals surface area contributed by atoms with Gasteiger partial charge in [0.15, 0.2) is 11.6 Å². The van der Waals surface area contributed by atoms with Gasteiger partial charge in [-0.1, -0.05) is 55.5 Å². The highest BCUT2D eigenvalue weighted by Crippen LogP contribution is 2.45. The van der Waals surface area contributed by atoms with E-state index in [-0.39, 0.29) is 24.9 Å². The Morgan fingerprint density at radius 3 is 2.15 bits per heavy atom. The summed E-state index contributed by atoms with van der Waals surface area (Å²) in [6, 6.07) is 16.3. The lowest BCUT2D eigenvalue weighted by Crippen LogP contribution is -2.55. The van der Waals surface area contributed by atoms with Crippen LogP contribution in [0.1, 0.15) is 51.2 Å². The first-order valence-corrected chi connectivity index (χ1v) is 11.4. The first-order chi connectivity index (χ1) is 15.6. The number of benzene rings is 2. The van der Waals surface area contributed by atoms with Gasteiger partial charge in [0.25, 0.3) is 0 Å². The second kappa shape index (κ2) is 8.56. The van der Waals surface area contributed by atoms with Gasteiger partial charge in [-0.3, -0.25) is 4.79 Å². The van der Waals surface area contributed by atoms with Crippen LogP contribution in [0.4, 0.5) is 4.79 Å². The van der Waals surface area contributed by atoms with Crippen LogP contribution < -0.4 is 10.6 Å². The SMILES string of the molecule is CCC(C)(NCC1(C)OC1(C)O)C(=O)CNC(=O)OCC1c2ccccc2-c2ccccc21. The molecule has 4 rings (SSSR count). The van der Waals surface area contributed by atoms with Crippen LogP contribution in [0.2, 0.25) is 0 Å². The number of carbonyl (C=O) groups is 2. The summed E-state index contributed by atoms with van der Waals surface area (Å²) in [7, 11) is 0. The van der Waals surface area contributed by atoms with E-state index in [9.17, 15) is 14.7 Å². The molecule has 3 unspecified atom stereocenters. The normalized spacial score (nSPS) is 25.0. The molecule has 7 heteroatoms. The number of ketones is 1. The van der Waals surface area contributed by atoms with Crippen molar-refractivity contribution in [2.24, 2.45) is 0 Å². The standard InChI is InChI=1S/C26H32N2O5/c1-5-24(2,28-16-25(3)26(4,31)33-25)22(29)14-27-23(30)32-15-21-19-12-8-6-10-17(19)18-11-7-9-13-20(18)21/h6-13,21,28,31H,5,14-16H2,1-4H3,(H,27,30). The summed E-state index contributed by atoms with van der Waals surface area (Å²) in [4.78, 5) is 25.2. The van der Waals surface area contributed by atoms with E-state index < -0.39 is 23.0 Å². The number of carbonyl (C=O) groups excluding carboxylic acids is 2. The van der Waals surface area contributed by atoms with Crippen LogP contribution in [0.5, 0.6) is 0 Å². The van der Waals surface area contributed by atoms with Crippen LogP contribution in [0.15, 0.2) is 48.5 Å². The molecular weight excluding hydrogens is 420 g/mol. The predicted molar refractivity (Wildman–Crippen MR) is 125 cm³/mol. The number of alkyl carbamates (subject to hydrolysis) is 1. The molecule has 2 aromatic rings. The van der Waals surface area contributed by atoms with E-state index in [1.807, 2.05) is 31.2 Å². The molecule has 2 aliphatic rings. The van der Waals surface area contributed by atoms with Crippen LogP contribution in [-0.4, -0.2) is 53.6 Å². The summed E-state index contributed by atoms with van der Waals surface area (Å²) < 4.78 is 10.8. The zero-order valence-corrected chi connectivity index (χ0v) is 19.6. The zero-order chi connectivity index (χ0) is 23.9. The van der Waals surface area contributed by atoms with Crippen molar-refractivity contribution in [3.63, 3.8) is 0 Å². The molecule has 1 fully saturated rings. The third-order valence-electron chi connectivity index (χ3n) is 7.24. The van der Waals surface area contributed by atoms with Crippen LogP contribution >= 0.6 is 0 Å². The molecule has 0 saturated carbocycles. The lowest BCUT2D eigenvalue weighted by molar-refractivity contribution is -0.124. The maximum absolute atomic E-state index is 12.9. The van der Waals surface area contributed by atoms with Crippen molar-refractivity contribution in [1.82, 2.24) is 10.6 Å². The molecule has 0 spiro atoms. The average molecular weight is 453 g/mol. The summed E-state index contributed by atoms with van der Waals surface area (Å²) in [5.41, 5.74) is 3.00. The monoisotopic (exact) mass is 452 g/mol. The molecule has 1 aliphatic heterocycles. The summed E-state index contributed by atoms with van der Waals surface area (Å²) in [6.07, 6.45) is -0.0970. The summed E-state index contributed by atoms with van der Waals surface area (Å²) in [6.45, 7) is 7.43. The maximum Gasteiger partial charge on any atom is 0.407 e. The van der Waals surface area contributed by atoms with E-state index in [1.54, 1.807) is 20.8 Å². The molecule has 3 N–H and O–H groups in total. The van der Waals surface area contributed by atoms with Crippen molar-refractivity contribution in [2.45, 2.75) is 57.0 Å². The fourth-order valence-corrected chi connectivity index (χ4v) is 4.39. The van der Waals surface area contributed by atoms with Crippen molar-refractivity contribution in [3.8, 4) is 11.1 Å². The van der Waals surface area contributed by atoms with Gasteiger partial charge in [0.05, 0.1) is 12.1 Å². The molecule has 1 aliphatic carbocycles. The first kappa shape index (κ1) is 23.4. The molecule has 3 atom stereocenters. The minimum absolute atomic E-state index is 0.0338. The fourth-order valence-electron chi connectivity index (χ4n) is 4.39. The van der Waals surface area contributed by atoms with Gasteiger partial charge in [0.2, 0.25) is 0 Å². The molecule has 7 nitrogen and oxygen atoms in total. The Balaban J connectivity index is 1.31. The van der Waals surface area contributed by atoms with Gasteiger partial charge in [-0.05, 0) is 49.4 Å². The van der Waals surface area contributed by atoms with Gasteiger partial charge in [-0.25, -0.2) is 4.79 Å². The van der Waals surface area contributed by atoms with E-state index in [0.717, 1.165) is 22.3 Å². The molecule has 1 saturated heterocycles. The van der Waals surface area contributed by atoms with E-state index in [1.165, 1.54) is 0 Å². The Hall–Kier alpha value is -2.74. The van der Waals surface area contributed by atoms with E-state index >= 15 is 0 Å². The summed E-state index contributed by atoms with van der Waals surface area (Å²) in [5, 5.41) is 15.8. The molecule has 0 bridgehead atoms. The number of rotatable bonds is 9. The summed E-state index contributed by atoms with van der Waals surface area (Å²) >= 11 is 0. The van der Waals surface area contributed by atoms with Crippen molar-refractivity contribution in [3.05, 3.63) is 59.7 Å². The minimum Gasteiger partial charge on any atom is -0.449 e. The van der Waals surface area contributed by atoms with Crippen LogP contribution in [0.25, 0.3) is 11.1 Å². The van der Waals surface area contributed by atoms with Gasteiger partial charge in [-0.15, -0.1) is 0 Å². The molecule has 33 heavy (non-hydrogen) atoms. The number of epoxide rings is 1. The lowest BCUT2D eigenvalue weighted by atomic mass is 9.91. The Morgan fingerprint density at radius 1 is 1.09 bits per heavy atom. The van der Waals surface area contributed by atoms with Crippen molar-refractivity contribution in [1.29, 1.82) is 0 Å². The van der Waals surface area contributed by atoms with Gasteiger partial charge in [0, 0.05) is 12.5 Å². The van der Waals surface area contributed by atoms with E-state index in [4.69, 9.17) is 9.47 Å². The van der Waals surface area contributed by atoms with Gasteiger partial charge in [-0.2, -0.15) is 0 Å². The highest BCUT2D eigenvalue weighted by atomic mass is 16.7. The predicted octanol–water partition coefficient (Wildman–Crippen LogP) is 3.35. The Kier molecular flexibility index (Phi) is 6.07. The highest BCUT2D eigenvalue weighted by Gasteiger charge is 2.63. The number of nitrogens with one attached hydrogen (secondary N) is 2. The minimum atomic E-state index is -1.20. The number of Topliss-reactive ketones (excluding diaryl/α,β-unsaturated/α-hetero) is 1. The quantitative estimate of drug-likeness (QED) is 0.505. The van der Waals surface area contributed by atoms with Crippen molar-refractivity contribution < 1.29 is 24.2 Å². The van der Waals surface area contributed by atoms with Crippen LogP contribution in [-0.2, 0) is 14.3 Å². The number of aliphatic hydroxyl groups is 1.